The van der Waals surface area contributed by atoms with Gasteiger partial charge in [0.05, 0.1) is 37.6 Å². The number of para-hydroxylation sites is 2. The third-order valence-electron chi connectivity index (χ3n) is 6.14. The number of ether oxygens (including phenoxy) is 2. The number of fused-ring (bicyclic) bond motifs is 3. The molecule has 0 radical (unpaired) electrons. The Balaban J connectivity index is 1.72. The molecule has 0 aliphatic heterocycles. The van der Waals surface area contributed by atoms with Crippen molar-refractivity contribution in [3.8, 4) is 34.0 Å². The highest BCUT2D eigenvalue weighted by Gasteiger charge is 2.47. The van der Waals surface area contributed by atoms with Crippen molar-refractivity contribution in [1.82, 2.24) is 14.9 Å². The standard InChI is InChI=1S/C25H19FN6O6/c1-25(35)14-6-5-7-15(26)18(14)20-19(23(25)33)22(38-30-20)13-12-29-32(16-8-3-4-9-17(16)36-2)21(13)24(34)37-11-10-28-31-27/h3-9,12,35H,10-11H2,1-2H3. The van der Waals surface area contributed by atoms with E-state index in [0.717, 1.165) is 0 Å². The molecule has 38 heavy (non-hydrogen) atoms. The molecule has 5 rings (SSSR count). The topological polar surface area (TPSA) is 165 Å². The second-order valence-electron chi connectivity index (χ2n) is 8.38. The molecule has 0 saturated heterocycles. The van der Waals surface area contributed by atoms with Gasteiger partial charge in [-0.2, -0.15) is 5.10 Å². The van der Waals surface area contributed by atoms with Crippen LogP contribution in [0.4, 0.5) is 4.39 Å². The summed E-state index contributed by atoms with van der Waals surface area (Å²) in [6, 6.07) is 10.7. The van der Waals surface area contributed by atoms with E-state index in [1.54, 1.807) is 24.3 Å². The molecule has 0 amide bonds. The number of benzene rings is 2. The predicted molar refractivity (Wildman–Crippen MR) is 129 cm³/mol. The van der Waals surface area contributed by atoms with Crippen LogP contribution in [0.1, 0.15) is 33.3 Å². The fourth-order valence-corrected chi connectivity index (χ4v) is 4.38. The van der Waals surface area contributed by atoms with Crippen molar-refractivity contribution in [2.75, 3.05) is 20.3 Å². The molecule has 192 valence electrons. The van der Waals surface area contributed by atoms with Crippen LogP contribution >= 0.6 is 0 Å². The SMILES string of the molecule is COc1ccccc1-n1ncc(-c2onc3c2C(=O)C(C)(O)c2cccc(F)c2-3)c1C(=O)OCCN=[N+]=[N-]. The number of nitrogens with zero attached hydrogens (tertiary/aromatic N) is 6. The Hall–Kier alpha value is -5.00. The number of carbonyl (C=O) groups excluding carboxylic acids is 2. The van der Waals surface area contributed by atoms with E-state index in [1.165, 1.54) is 43.1 Å². The average molecular weight is 518 g/mol. The molecule has 1 aliphatic carbocycles. The normalized spacial score (nSPS) is 15.8. The van der Waals surface area contributed by atoms with Crippen LogP contribution in [0.5, 0.6) is 5.75 Å². The number of esters is 1. The lowest BCUT2D eigenvalue weighted by Crippen LogP contribution is -2.36. The summed E-state index contributed by atoms with van der Waals surface area (Å²) in [5.74, 6) is -2.22. The molecule has 0 saturated carbocycles. The fraction of sp³-hybridized carbons (Fsp3) is 0.200. The van der Waals surface area contributed by atoms with Gasteiger partial charge in [0.1, 0.15) is 22.9 Å². The van der Waals surface area contributed by atoms with Gasteiger partial charge >= 0.3 is 5.97 Å². The predicted octanol–water partition coefficient (Wildman–Crippen LogP) is 4.21. The molecule has 2 aromatic carbocycles. The molecular formula is C25H19FN6O6. The van der Waals surface area contributed by atoms with Crippen molar-refractivity contribution in [2.45, 2.75) is 12.5 Å². The van der Waals surface area contributed by atoms with E-state index in [9.17, 15) is 19.1 Å². The Morgan fingerprint density at radius 3 is 2.82 bits per heavy atom. The monoisotopic (exact) mass is 518 g/mol. The minimum Gasteiger partial charge on any atom is -0.494 e. The summed E-state index contributed by atoms with van der Waals surface area (Å²) in [7, 11) is 1.45. The van der Waals surface area contributed by atoms with Crippen molar-refractivity contribution in [3.63, 3.8) is 0 Å². The highest BCUT2D eigenvalue weighted by Crippen LogP contribution is 2.46. The maximum Gasteiger partial charge on any atom is 0.357 e. The second kappa shape index (κ2) is 9.47. The number of hydrogen-bond acceptors (Lipinski definition) is 9. The Kier molecular flexibility index (Phi) is 6.15. The molecular weight excluding hydrogens is 499 g/mol. The highest BCUT2D eigenvalue weighted by molar-refractivity contribution is 6.15. The fourth-order valence-electron chi connectivity index (χ4n) is 4.38. The van der Waals surface area contributed by atoms with Gasteiger partial charge in [0.15, 0.2) is 17.1 Å². The van der Waals surface area contributed by atoms with Crippen molar-refractivity contribution >= 4 is 11.8 Å². The number of hydrogen-bond donors (Lipinski definition) is 1. The van der Waals surface area contributed by atoms with Gasteiger partial charge in [-0.3, -0.25) is 4.79 Å². The molecule has 12 nitrogen and oxygen atoms in total. The molecule has 13 heteroatoms. The van der Waals surface area contributed by atoms with E-state index >= 15 is 0 Å². The number of aromatic nitrogens is 3. The van der Waals surface area contributed by atoms with E-state index in [0.29, 0.717) is 11.4 Å². The minimum absolute atomic E-state index is 0.00220. The van der Waals surface area contributed by atoms with E-state index < -0.39 is 23.2 Å². The number of carbonyl (C=O) groups is 2. The number of Topliss-reactive ketones (excluding diaryl/α,β-unsaturated/α-hetero) is 1. The first kappa shape index (κ1) is 24.7. The van der Waals surface area contributed by atoms with Gasteiger partial charge in [-0.05, 0) is 30.7 Å². The lowest BCUT2D eigenvalue weighted by atomic mass is 9.77. The molecule has 1 aliphatic rings. The summed E-state index contributed by atoms with van der Waals surface area (Å²) in [6.45, 7) is 0.895. The van der Waals surface area contributed by atoms with Crippen LogP contribution in [-0.4, -0.2) is 52.1 Å². The smallest absolute Gasteiger partial charge is 0.357 e. The third-order valence-corrected chi connectivity index (χ3v) is 6.14. The van der Waals surface area contributed by atoms with E-state index in [-0.39, 0.29) is 52.6 Å². The Morgan fingerprint density at radius 1 is 1.26 bits per heavy atom. The van der Waals surface area contributed by atoms with Crippen LogP contribution in [0.15, 0.2) is 58.3 Å². The number of methoxy groups -OCH3 is 1. The zero-order valence-electron chi connectivity index (χ0n) is 20.1. The molecule has 1 N–H and O–H groups in total. The molecule has 1 atom stereocenters. The van der Waals surface area contributed by atoms with Gasteiger partial charge in [0.25, 0.3) is 0 Å². The van der Waals surface area contributed by atoms with Crippen LogP contribution in [0.3, 0.4) is 0 Å². The summed E-state index contributed by atoms with van der Waals surface area (Å²) < 4.78 is 32.3. The quantitative estimate of drug-likeness (QED) is 0.125. The lowest BCUT2D eigenvalue weighted by Gasteiger charge is -2.28. The Morgan fingerprint density at radius 2 is 2.05 bits per heavy atom. The maximum absolute atomic E-state index is 14.9. The molecule has 0 bridgehead atoms. The molecule has 1 unspecified atom stereocenters. The molecule has 2 aromatic heterocycles. The van der Waals surface area contributed by atoms with Gasteiger partial charge in [0.2, 0.25) is 5.78 Å². The highest BCUT2D eigenvalue weighted by atomic mass is 19.1. The first-order chi connectivity index (χ1) is 18.3. The van der Waals surface area contributed by atoms with Crippen LogP contribution in [0.25, 0.3) is 38.7 Å². The minimum atomic E-state index is -2.10. The van der Waals surface area contributed by atoms with E-state index in [1.807, 2.05) is 0 Å². The maximum atomic E-state index is 14.9. The van der Waals surface area contributed by atoms with Gasteiger partial charge in [-0.15, -0.1) is 0 Å². The van der Waals surface area contributed by atoms with Crippen LogP contribution in [0.2, 0.25) is 0 Å². The van der Waals surface area contributed by atoms with E-state index in [2.05, 4.69) is 20.3 Å². The van der Waals surface area contributed by atoms with Crippen LogP contribution < -0.4 is 4.74 Å². The number of ketones is 1. The number of halogens is 1. The van der Waals surface area contributed by atoms with Gasteiger partial charge < -0.3 is 19.1 Å². The Labute approximate surface area is 213 Å². The third kappa shape index (κ3) is 3.77. The average Bonchev–Trinajstić information content (AvgIpc) is 3.54. The second-order valence-corrected chi connectivity index (χ2v) is 8.38. The molecule has 0 fully saturated rings. The number of rotatable bonds is 7. The number of azide groups is 1. The van der Waals surface area contributed by atoms with Crippen molar-refractivity contribution in [1.29, 1.82) is 0 Å². The van der Waals surface area contributed by atoms with Crippen molar-refractivity contribution in [3.05, 3.63) is 81.7 Å². The lowest BCUT2D eigenvalue weighted by molar-refractivity contribution is 0.0386. The number of aliphatic hydroxyl groups is 1. The summed E-state index contributed by atoms with van der Waals surface area (Å²) >= 11 is 0. The Bertz CT molecular complexity index is 1630. The molecule has 0 spiro atoms. The zero-order chi connectivity index (χ0) is 27.0. The summed E-state index contributed by atoms with van der Waals surface area (Å²) in [5.41, 5.74) is 6.23. The summed E-state index contributed by atoms with van der Waals surface area (Å²) in [6.07, 6.45) is 1.26. The first-order valence-corrected chi connectivity index (χ1v) is 11.3. The van der Waals surface area contributed by atoms with E-state index in [4.69, 9.17) is 19.5 Å². The van der Waals surface area contributed by atoms with Crippen molar-refractivity contribution in [2.24, 2.45) is 5.11 Å². The largest absolute Gasteiger partial charge is 0.494 e. The zero-order valence-corrected chi connectivity index (χ0v) is 20.1. The summed E-state index contributed by atoms with van der Waals surface area (Å²) in [4.78, 5) is 29.4. The summed E-state index contributed by atoms with van der Waals surface area (Å²) in [5, 5.41) is 22.7. The first-order valence-electron chi connectivity index (χ1n) is 11.3. The molecule has 2 heterocycles. The molecule has 4 aromatic rings. The van der Waals surface area contributed by atoms with Crippen LogP contribution in [0, 0.1) is 5.82 Å². The van der Waals surface area contributed by atoms with Gasteiger partial charge in [-0.25, -0.2) is 13.9 Å². The van der Waals surface area contributed by atoms with Gasteiger partial charge in [0, 0.05) is 16.0 Å². The van der Waals surface area contributed by atoms with Crippen molar-refractivity contribution < 1.29 is 33.1 Å². The van der Waals surface area contributed by atoms with Gasteiger partial charge in [-0.1, -0.05) is 34.5 Å². The van der Waals surface area contributed by atoms with Crippen LogP contribution in [-0.2, 0) is 10.3 Å².